The Kier molecular flexibility index (Phi) is 6.96. The van der Waals surface area contributed by atoms with Crippen molar-refractivity contribution in [2.45, 2.75) is 25.3 Å². The first-order chi connectivity index (χ1) is 16.9. The molecular weight excluding hydrogens is 446 g/mol. The number of hydrogen-bond donors (Lipinski definition) is 2. The Bertz CT molecular complexity index is 1280. The molecule has 3 aromatic carbocycles. The summed E-state index contributed by atoms with van der Waals surface area (Å²) in [5.41, 5.74) is 2.64. The number of ether oxygens (including phenoxy) is 1. The first-order valence-electron chi connectivity index (χ1n) is 11.2. The Morgan fingerprint density at radius 1 is 0.943 bits per heavy atom. The summed E-state index contributed by atoms with van der Waals surface area (Å²) in [4.78, 5) is 39.0. The van der Waals surface area contributed by atoms with Crippen LogP contribution in [0.2, 0.25) is 0 Å². The lowest BCUT2D eigenvalue weighted by Gasteiger charge is -2.27. The number of benzene rings is 3. The van der Waals surface area contributed by atoms with Gasteiger partial charge >= 0.3 is 5.97 Å². The number of nitrogens with zero attached hydrogens (tertiary/aromatic N) is 1. The van der Waals surface area contributed by atoms with Crippen molar-refractivity contribution in [3.63, 3.8) is 0 Å². The van der Waals surface area contributed by atoms with Gasteiger partial charge in [-0.2, -0.15) is 0 Å². The summed E-state index contributed by atoms with van der Waals surface area (Å²) >= 11 is 0. The highest BCUT2D eigenvalue weighted by molar-refractivity contribution is 6.16. The fraction of sp³-hybridized carbons (Fsp3) is 0.179. The van der Waals surface area contributed by atoms with E-state index in [-0.39, 0.29) is 24.2 Å². The predicted octanol–water partition coefficient (Wildman–Crippen LogP) is 4.42. The van der Waals surface area contributed by atoms with Crippen molar-refractivity contribution in [3.05, 3.63) is 107 Å². The van der Waals surface area contributed by atoms with Crippen molar-refractivity contribution < 1.29 is 29.3 Å². The maximum atomic E-state index is 13.4. The average Bonchev–Trinajstić information content (AvgIpc) is 3.14. The minimum atomic E-state index is -0.963. The third kappa shape index (κ3) is 5.09. The number of Topliss-reactive ketones (excluding diaryl/α,β-unsaturated/α-hetero) is 1. The zero-order valence-corrected chi connectivity index (χ0v) is 19.2. The molecule has 4 rings (SSSR count). The first kappa shape index (κ1) is 23.8. The number of carbonyl (C=O) groups is 3. The second kappa shape index (κ2) is 10.3. The van der Waals surface area contributed by atoms with E-state index >= 15 is 0 Å². The maximum Gasteiger partial charge on any atom is 0.307 e. The average molecular weight is 472 g/mol. The molecule has 0 aliphatic carbocycles. The van der Waals surface area contributed by atoms with E-state index in [2.05, 4.69) is 0 Å². The smallest absolute Gasteiger partial charge is 0.307 e. The van der Waals surface area contributed by atoms with Crippen molar-refractivity contribution in [2.75, 3.05) is 12.0 Å². The summed E-state index contributed by atoms with van der Waals surface area (Å²) in [5, 5.41) is 19.9. The molecule has 0 saturated carbocycles. The van der Waals surface area contributed by atoms with Gasteiger partial charge < -0.3 is 14.9 Å². The van der Waals surface area contributed by atoms with Gasteiger partial charge in [0.2, 0.25) is 0 Å². The fourth-order valence-corrected chi connectivity index (χ4v) is 4.27. The zero-order chi connectivity index (χ0) is 24.9. The van der Waals surface area contributed by atoms with Crippen LogP contribution in [-0.4, -0.2) is 35.0 Å². The summed E-state index contributed by atoms with van der Waals surface area (Å²) in [6.07, 6.45) is 0.447. The van der Waals surface area contributed by atoms with Crippen LogP contribution in [0.1, 0.15) is 29.2 Å². The highest BCUT2D eigenvalue weighted by Gasteiger charge is 2.44. The predicted molar refractivity (Wildman–Crippen MR) is 130 cm³/mol. The standard InChI is InChI=1S/C28H25NO6/c1-35-22-9-5-8-20(17-22)26-25(23(30)15-12-18-6-3-2-4-7-18)27(33)28(34)29(26)21-13-10-19(11-14-21)16-24(31)32/h2-11,13-14,17,26,33H,12,15-16H2,1H3,(H,31,32). The van der Waals surface area contributed by atoms with Gasteiger partial charge in [-0.15, -0.1) is 0 Å². The number of rotatable bonds is 9. The van der Waals surface area contributed by atoms with Crippen molar-refractivity contribution >= 4 is 23.3 Å². The van der Waals surface area contributed by atoms with Gasteiger partial charge in [0.05, 0.1) is 25.1 Å². The number of aliphatic hydroxyl groups is 1. The summed E-state index contributed by atoms with van der Waals surface area (Å²) < 4.78 is 5.34. The molecule has 1 atom stereocenters. The number of aliphatic carboxylic acids is 1. The summed E-state index contributed by atoms with van der Waals surface area (Å²) in [6, 6.07) is 22.2. The van der Waals surface area contributed by atoms with E-state index in [0.29, 0.717) is 29.0 Å². The highest BCUT2D eigenvalue weighted by atomic mass is 16.5. The van der Waals surface area contributed by atoms with Crippen molar-refractivity contribution in [1.29, 1.82) is 0 Å². The van der Waals surface area contributed by atoms with Crippen LogP contribution in [0.5, 0.6) is 5.75 Å². The Morgan fingerprint density at radius 3 is 2.31 bits per heavy atom. The van der Waals surface area contributed by atoms with Gasteiger partial charge in [-0.05, 0) is 47.4 Å². The number of carbonyl (C=O) groups excluding carboxylic acids is 2. The van der Waals surface area contributed by atoms with Crippen LogP contribution >= 0.6 is 0 Å². The molecule has 0 radical (unpaired) electrons. The maximum absolute atomic E-state index is 13.4. The fourth-order valence-electron chi connectivity index (χ4n) is 4.27. The Balaban J connectivity index is 1.72. The van der Waals surface area contributed by atoms with Crippen molar-refractivity contribution in [3.8, 4) is 5.75 Å². The number of carboxylic acid groups (broad SMARTS) is 1. The lowest BCUT2D eigenvalue weighted by atomic mass is 9.93. The molecule has 0 fully saturated rings. The zero-order valence-electron chi connectivity index (χ0n) is 19.2. The number of ketones is 1. The quantitative estimate of drug-likeness (QED) is 0.479. The second-order valence-corrected chi connectivity index (χ2v) is 8.26. The van der Waals surface area contributed by atoms with E-state index in [1.165, 1.54) is 12.0 Å². The molecule has 0 aromatic heterocycles. The first-order valence-corrected chi connectivity index (χ1v) is 11.2. The molecule has 0 bridgehead atoms. The van der Waals surface area contributed by atoms with Gasteiger partial charge in [0.1, 0.15) is 5.75 Å². The molecule has 1 heterocycles. The van der Waals surface area contributed by atoms with E-state index in [0.717, 1.165) is 5.56 Å². The SMILES string of the molecule is COc1cccc(C2C(C(=O)CCc3ccccc3)=C(O)C(=O)N2c2ccc(CC(=O)O)cc2)c1. The van der Waals surface area contributed by atoms with Gasteiger partial charge in [-0.1, -0.05) is 54.6 Å². The minimum Gasteiger partial charge on any atom is -0.503 e. The molecule has 1 aliphatic heterocycles. The molecule has 0 spiro atoms. The number of methoxy groups -OCH3 is 1. The lowest BCUT2D eigenvalue weighted by molar-refractivity contribution is -0.136. The van der Waals surface area contributed by atoms with Crippen LogP contribution < -0.4 is 9.64 Å². The molecule has 1 aliphatic rings. The van der Waals surface area contributed by atoms with Gasteiger partial charge in [0.15, 0.2) is 11.5 Å². The molecule has 35 heavy (non-hydrogen) atoms. The molecule has 0 saturated heterocycles. The van der Waals surface area contributed by atoms with Gasteiger partial charge in [-0.3, -0.25) is 19.3 Å². The third-order valence-corrected chi connectivity index (χ3v) is 5.97. The Hall–Kier alpha value is -4.39. The molecule has 7 heteroatoms. The van der Waals surface area contributed by atoms with Crippen LogP contribution in [0, 0.1) is 0 Å². The molecule has 3 aromatic rings. The van der Waals surface area contributed by atoms with E-state index in [1.54, 1.807) is 48.5 Å². The molecule has 178 valence electrons. The van der Waals surface area contributed by atoms with E-state index in [9.17, 15) is 19.5 Å². The van der Waals surface area contributed by atoms with Gasteiger partial charge in [0, 0.05) is 12.1 Å². The number of hydrogen-bond acceptors (Lipinski definition) is 5. The molecule has 1 unspecified atom stereocenters. The minimum absolute atomic E-state index is 0.0359. The molecule has 1 amide bonds. The third-order valence-electron chi connectivity index (χ3n) is 5.97. The highest BCUT2D eigenvalue weighted by Crippen LogP contribution is 2.42. The molecular formula is C28H25NO6. The number of aryl methyl sites for hydroxylation is 1. The number of carboxylic acids is 1. The van der Waals surface area contributed by atoms with Crippen LogP contribution in [-0.2, 0) is 27.2 Å². The Labute approximate surface area is 202 Å². The van der Waals surface area contributed by atoms with Gasteiger partial charge in [0.25, 0.3) is 5.91 Å². The van der Waals surface area contributed by atoms with Crippen LogP contribution in [0.25, 0.3) is 0 Å². The molecule has 7 nitrogen and oxygen atoms in total. The van der Waals surface area contributed by atoms with Crippen LogP contribution in [0.3, 0.4) is 0 Å². The summed E-state index contributed by atoms with van der Waals surface area (Å²) in [6.45, 7) is 0. The number of amides is 1. The monoisotopic (exact) mass is 471 g/mol. The van der Waals surface area contributed by atoms with Crippen LogP contribution in [0.4, 0.5) is 5.69 Å². The summed E-state index contributed by atoms with van der Waals surface area (Å²) in [5.74, 6) is -2.00. The van der Waals surface area contributed by atoms with E-state index < -0.39 is 23.7 Å². The number of anilines is 1. The topological polar surface area (TPSA) is 104 Å². The largest absolute Gasteiger partial charge is 0.503 e. The van der Waals surface area contributed by atoms with E-state index in [1.807, 2.05) is 30.3 Å². The van der Waals surface area contributed by atoms with Crippen LogP contribution in [0.15, 0.2) is 90.2 Å². The second-order valence-electron chi connectivity index (χ2n) is 8.26. The normalized spacial score (nSPS) is 15.4. The Morgan fingerprint density at radius 2 is 1.66 bits per heavy atom. The number of aliphatic hydroxyl groups excluding tert-OH is 1. The van der Waals surface area contributed by atoms with Gasteiger partial charge in [-0.25, -0.2) is 0 Å². The van der Waals surface area contributed by atoms with Crippen molar-refractivity contribution in [1.82, 2.24) is 0 Å². The van der Waals surface area contributed by atoms with Crippen molar-refractivity contribution in [2.24, 2.45) is 0 Å². The lowest BCUT2D eigenvalue weighted by Crippen LogP contribution is -2.31. The van der Waals surface area contributed by atoms with E-state index in [4.69, 9.17) is 9.84 Å². The molecule has 2 N–H and O–H groups in total. The summed E-state index contributed by atoms with van der Waals surface area (Å²) in [7, 11) is 1.52.